The fourth-order valence-corrected chi connectivity index (χ4v) is 5.32. The summed E-state index contributed by atoms with van der Waals surface area (Å²) in [5.41, 5.74) is 3.28. The van der Waals surface area contributed by atoms with Crippen LogP contribution in [0.4, 0.5) is 5.69 Å². The Morgan fingerprint density at radius 1 is 0.968 bits per heavy atom. The number of anilines is 1. The van der Waals surface area contributed by atoms with Crippen molar-refractivity contribution in [1.82, 2.24) is 0 Å². The normalized spacial score (nSPS) is 20.1. The first-order valence-electron chi connectivity index (χ1n) is 10.3. The predicted molar refractivity (Wildman–Crippen MR) is 120 cm³/mol. The molecule has 3 aromatic rings. The van der Waals surface area contributed by atoms with E-state index in [0.29, 0.717) is 5.56 Å². The largest absolute Gasteiger partial charge is 0.507 e. The van der Waals surface area contributed by atoms with Gasteiger partial charge in [0.25, 0.3) is 11.7 Å². The van der Waals surface area contributed by atoms with Crippen LogP contribution in [0.3, 0.4) is 0 Å². The zero-order chi connectivity index (χ0) is 21.5. The number of fused-ring (bicyclic) bond motifs is 1. The van der Waals surface area contributed by atoms with Crippen LogP contribution in [0.1, 0.15) is 40.5 Å². The molecule has 1 saturated heterocycles. The van der Waals surface area contributed by atoms with Crippen molar-refractivity contribution in [3.63, 3.8) is 0 Å². The average Bonchev–Trinajstić information content (AvgIpc) is 3.41. The third kappa shape index (κ3) is 3.24. The van der Waals surface area contributed by atoms with E-state index in [1.165, 1.54) is 33.4 Å². The summed E-state index contributed by atoms with van der Waals surface area (Å²) >= 11 is 1.39. The maximum Gasteiger partial charge on any atom is 0.300 e. The first-order valence-corrected chi connectivity index (χ1v) is 11.2. The monoisotopic (exact) mass is 431 g/mol. The van der Waals surface area contributed by atoms with Crippen molar-refractivity contribution in [2.24, 2.45) is 0 Å². The van der Waals surface area contributed by atoms with Crippen molar-refractivity contribution in [3.05, 3.63) is 87.1 Å². The molecule has 0 saturated carbocycles. The van der Waals surface area contributed by atoms with Gasteiger partial charge >= 0.3 is 0 Å². The summed E-state index contributed by atoms with van der Waals surface area (Å²) in [5.74, 6) is -1.79. The van der Waals surface area contributed by atoms with E-state index >= 15 is 0 Å². The molecule has 2 heterocycles. The van der Waals surface area contributed by atoms with E-state index < -0.39 is 17.7 Å². The second-order valence-electron chi connectivity index (χ2n) is 7.86. The Labute approximate surface area is 183 Å². The summed E-state index contributed by atoms with van der Waals surface area (Å²) in [5, 5.41) is 23.5. The lowest BCUT2D eigenvalue weighted by molar-refractivity contribution is -0.132. The number of rotatable bonds is 3. The Hall–Kier alpha value is -3.38. The van der Waals surface area contributed by atoms with Gasteiger partial charge in [0.15, 0.2) is 0 Å². The quantitative estimate of drug-likeness (QED) is 0.349. The topological polar surface area (TPSA) is 77.8 Å². The standard InChI is InChI=1S/C25H21NO4S/c27-19-9-4-3-8-18(19)26-22(20-10-5-13-31-20)21(24(29)25(26)30)23(28)17-12-11-15-6-1-2-7-16(15)14-17/h3-5,8-14,22,27-28H,1-2,6-7H2/b23-21-. The lowest BCUT2D eigenvalue weighted by Crippen LogP contribution is -2.29. The van der Waals surface area contributed by atoms with Crippen LogP contribution in [0.25, 0.3) is 5.76 Å². The summed E-state index contributed by atoms with van der Waals surface area (Å²) < 4.78 is 0. The Bertz CT molecular complexity index is 1210. The minimum atomic E-state index is -0.802. The highest BCUT2D eigenvalue weighted by molar-refractivity contribution is 7.10. The zero-order valence-electron chi connectivity index (χ0n) is 16.7. The van der Waals surface area contributed by atoms with Crippen LogP contribution in [-0.2, 0) is 22.4 Å². The van der Waals surface area contributed by atoms with Crippen molar-refractivity contribution in [3.8, 4) is 5.75 Å². The Kier molecular flexibility index (Phi) is 4.87. The molecule has 2 aromatic carbocycles. The van der Waals surface area contributed by atoms with E-state index in [0.717, 1.165) is 30.6 Å². The molecule has 31 heavy (non-hydrogen) atoms. The number of ketones is 1. The molecule has 156 valence electrons. The Morgan fingerprint density at radius 2 is 1.74 bits per heavy atom. The summed E-state index contributed by atoms with van der Waals surface area (Å²) in [4.78, 5) is 28.2. The third-order valence-corrected chi connectivity index (χ3v) is 6.95. The van der Waals surface area contributed by atoms with Crippen LogP contribution in [0.2, 0.25) is 0 Å². The highest BCUT2D eigenvalue weighted by Crippen LogP contribution is 2.45. The van der Waals surface area contributed by atoms with Gasteiger partial charge < -0.3 is 10.2 Å². The molecule has 6 heteroatoms. The van der Waals surface area contributed by atoms with Crippen LogP contribution < -0.4 is 4.90 Å². The average molecular weight is 432 g/mol. The van der Waals surface area contributed by atoms with Gasteiger partial charge in [-0.05, 0) is 66.5 Å². The molecule has 1 fully saturated rings. The molecule has 5 rings (SSSR count). The third-order valence-electron chi connectivity index (χ3n) is 6.02. The minimum Gasteiger partial charge on any atom is -0.507 e. The molecule has 1 aliphatic carbocycles. The zero-order valence-corrected chi connectivity index (χ0v) is 17.6. The first-order chi connectivity index (χ1) is 15.1. The molecule has 5 nitrogen and oxygen atoms in total. The molecule has 1 unspecified atom stereocenters. The number of aryl methyl sites for hydroxylation is 2. The number of para-hydroxylation sites is 2. The van der Waals surface area contributed by atoms with Crippen LogP contribution in [-0.4, -0.2) is 21.9 Å². The van der Waals surface area contributed by atoms with Crippen molar-refractivity contribution in [1.29, 1.82) is 0 Å². The molecule has 2 N–H and O–H groups in total. The molecule has 1 aliphatic heterocycles. The fraction of sp³-hybridized carbons (Fsp3) is 0.200. The first kappa shape index (κ1) is 19.6. The minimum absolute atomic E-state index is 0.0477. The number of aromatic hydroxyl groups is 1. The highest BCUT2D eigenvalue weighted by Gasteiger charge is 2.48. The molecule has 2 aliphatic rings. The number of thiophene rings is 1. The van der Waals surface area contributed by atoms with Crippen LogP contribution in [0, 0.1) is 0 Å². The number of benzene rings is 2. The summed E-state index contributed by atoms with van der Waals surface area (Å²) in [6.07, 6.45) is 4.22. The number of aliphatic hydroxyl groups is 1. The maximum atomic E-state index is 13.1. The number of phenolic OH excluding ortho intramolecular Hbond substituents is 1. The smallest absolute Gasteiger partial charge is 0.300 e. The van der Waals surface area contributed by atoms with Gasteiger partial charge in [0, 0.05) is 10.4 Å². The number of hydrogen-bond donors (Lipinski definition) is 2. The maximum absolute atomic E-state index is 13.1. The van der Waals surface area contributed by atoms with Crippen molar-refractivity contribution < 1.29 is 19.8 Å². The highest BCUT2D eigenvalue weighted by atomic mass is 32.1. The van der Waals surface area contributed by atoms with Gasteiger partial charge in [-0.3, -0.25) is 14.5 Å². The number of phenols is 1. The van der Waals surface area contributed by atoms with Crippen molar-refractivity contribution >= 4 is 34.5 Å². The molecular formula is C25H21NO4S. The van der Waals surface area contributed by atoms with E-state index in [4.69, 9.17) is 0 Å². The molecule has 0 radical (unpaired) electrons. The summed E-state index contributed by atoms with van der Waals surface area (Å²) in [6.45, 7) is 0. The second kappa shape index (κ2) is 7.71. The van der Waals surface area contributed by atoms with Gasteiger partial charge in [0.2, 0.25) is 0 Å². The molecule has 0 bridgehead atoms. The van der Waals surface area contributed by atoms with Crippen LogP contribution >= 0.6 is 11.3 Å². The van der Waals surface area contributed by atoms with E-state index in [2.05, 4.69) is 0 Å². The predicted octanol–water partition coefficient (Wildman–Crippen LogP) is 4.96. The Morgan fingerprint density at radius 3 is 2.48 bits per heavy atom. The lowest BCUT2D eigenvalue weighted by atomic mass is 9.89. The number of hydrogen-bond acceptors (Lipinski definition) is 5. The number of nitrogens with zero attached hydrogens (tertiary/aromatic N) is 1. The Balaban J connectivity index is 1.69. The van der Waals surface area contributed by atoms with E-state index in [-0.39, 0.29) is 22.8 Å². The van der Waals surface area contributed by atoms with Crippen LogP contribution in [0.5, 0.6) is 5.75 Å². The van der Waals surface area contributed by atoms with Crippen LogP contribution in [0.15, 0.2) is 65.6 Å². The van der Waals surface area contributed by atoms with Gasteiger partial charge in [0.1, 0.15) is 17.6 Å². The molecule has 0 spiro atoms. The van der Waals surface area contributed by atoms with Gasteiger partial charge in [-0.1, -0.05) is 30.3 Å². The fourth-order valence-electron chi connectivity index (χ4n) is 4.50. The van der Waals surface area contributed by atoms with Crippen molar-refractivity contribution in [2.45, 2.75) is 31.7 Å². The van der Waals surface area contributed by atoms with Gasteiger partial charge in [-0.2, -0.15) is 0 Å². The second-order valence-corrected chi connectivity index (χ2v) is 8.84. The number of carbonyl (C=O) groups is 2. The van der Waals surface area contributed by atoms with Gasteiger partial charge in [-0.15, -0.1) is 11.3 Å². The number of aliphatic hydroxyl groups excluding tert-OH is 1. The molecule has 1 atom stereocenters. The number of carbonyl (C=O) groups excluding carboxylic acids is 2. The van der Waals surface area contributed by atoms with Gasteiger partial charge in [0.05, 0.1) is 11.3 Å². The SMILES string of the molecule is O=C1C(=O)N(c2ccccc2O)C(c2cccs2)/C1=C(/O)c1ccc2c(c1)CCCC2. The summed E-state index contributed by atoms with van der Waals surface area (Å²) in [6, 6.07) is 15.0. The lowest BCUT2D eigenvalue weighted by Gasteiger charge is -2.25. The molecule has 1 amide bonds. The summed E-state index contributed by atoms with van der Waals surface area (Å²) in [7, 11) is 0. The number of amides is 1. The molecule has 1 aromatic heterocycles. The van der Waals surface area contributed by atoms with Crippen molar-refractivity contribution in [2.75, 3.05) is 4.90 Å². The number of Topliss-reactive ketones (excluding diaryl/α,β-unsaturated/α-hetero) is 1. The van der Waals surface area contributed by atoms with Gasteiger partial charge in [-0.25, -0.2) is 0 Å². The molecular weight excluding hydrogens is 410 g/mol. The van der Waals surface area contributed by atoms with E-state index in [1.807, 2.05) is 35.7 Å². The van der Waals surface area contributed by atoms with E-state index in [9.17, 15) is 19.8 Å². The van der Waals surface area contributed by atoms with E-state index in [1.54, 1.807) is 18.2 Å².